The fourth-order valence-corrected chi connectivity index (χ4v) is 2.53. The molecule has 2 aromatic heterocycles. The van der Waals surface area contributed by atoms with Crippen LogP contribution in [-0.4, -0.2) is 65.7 Å². The van der Waals surface area contributed by atoms with Crippen LogP contribution in [0.3, 0.4) is 0 Å². The van der Waals surface area contributed by atoms with Crippen LogP contribution in [0.25, 0.3) is 0 Å². The Morgan fingerprint density at radius 1 is 0.793 bits per heavy atom. The Morgan fingerprint density at radius 3 is 1.28 bits per heavy atom. The molecule has 0 bridgehead atoms. The van der Waals surface area contributed by atoms with Gasteiger partial charge < -0.3 is 25.1 Å². The first-order valence-electron chi connectivity index (χ1n) is 7.95. The number of anilines is 2. The number of hydrogen-bond acceptors (Lipinski definition) is 11. The molecule has 0 aromatic carbocycles. The summed E-state index contributed by atoms with van der Waals surface area (Å²) in [6, 6.07) is 3.94. The molecule has 0 amide bonds. The fourth-order valence-electron chi connectivity index (χ4n) is 1.69. The van der Waals surface area contributed by atoms with E-state index in [4.69, 9.17) is 15.3 Å². The van der Waals surface area contributed by atoms with Gasteiger partial charge in [0.05, 0.1) is 5.09 Å². The Morgan fingerprint density at radius 2 is 1.07 bits per heavy atom. The van der Waals surface area contributed by atoms with Gasteiger partial charge in [-0.15, -0.1) is 0 Å². The van der Waals surface area contributed by atoms with E-state index >= 15 is 0 Å². The molecule has 10 nitrogen and oxygen atoms in total. The molecule has 0 N–H and O–H groups in total. The van der Waals surface area contributed by atoms with Crippen molar-refractivity contribution in [1.82, 2.24) is 19.9 Å². The van der Waals surface area contributed by atoms with Gasteiger partial charge in [-0.3, -0.25) is 0 Å². The van der Waals surface area contributed by atoms with Crippen molar-refractivity contribution >= 4 is 35.2 Å². The van der Waals surface area contributed by atoms with Gasteiger partial charge in [0.1, 0.15) is 11.6 Å². The van der Waals surface area contributed by atoms with E-state index < -0.39 is 5.09 Å². The first-order chi connectivity index (χ1) is 13.0. The number of aryl methyl sites for hydroxylation is 2. The SMILES string of the molecule is CSc1nc(C)cc(N(C)C)n1.CSc1nc(C)cc(N(C)C)n1.O=[N+]([O-])[O-].[Ag+]. The van der Waals surface area contributed by atoms with Gasteiger partial charge in [-0.2, -0.15) is 0 Å². The average Bonchev–Trinajstić information content (AvgIpc) is 2.60. The molecule has 0 fully saturated rings. The maximum atomic E-state index is 8.25. The van der Waals surface area contributed by atoms with Crippen LogP contribution < -0.4 is 9.80 Å². The maximum absolute atomic E-state index is 8.25. The van der Waals surface area contributed by atoms with Crippen LogP contribution in [0.1, 0.15) is 11.4 Å². The molecular formula is C16H26AgN7O3S2. The Bertz CT molecular complexity index is 706. The minimum absolute atomic E-state index is 0. The second kappa shape index (κ2) is 15.3. The van der Waals surface area contributed by atoms with Gasteiger partial charge in [0.25, 0.3) is 0 Å². The van der Waals surface area contributed by atoms with Crippen molar-refractivity contribution < 1.29 is 27.5 Å². The zero-order valence-electron chi connectivity index (χ0n) is 17.6. The van der Waals surface area contributed by atoms with Crippen LogP contribution in [0, 0.1) is 29.2 Å². The Balaban J connectivity index is 0. The number of thioether (sulfide) groups is 2. The smallest absolute Gasteiger partial charge is 0.363 e. The van der Waals surface area contributed by atoms with E-state index in [-0.39, 0.29) is 22.4 Å². The third kappa shape index (κ3) is 13.3. The third-order valence-electron chi connectivity index (χ3n) is 2.92. The largest absolute Gasteiger partial charge is 1.00 e. The van der Waals surface area contributed by atoms with Crippen molar-refractivity contribution in [3.05, 3.63) is 38.8 Å². The van der Waals surface area contributed by atoms with Crippen molar-refractivity contribution in [2.75, 3.05) is 50.5 Å². The molecule has 0 saturated carbocycles. The Labute approximate surface area is 195 Å². The summed E-state index contributed by atoms with van der Waals surface area (Å²) >= 11 is 3.13. The first-order valence-corrected chi connectivity index (χ1v) is 10.4. The predicted molar refractivity (Wildman–Crippen MR) is 116 cm³/mol. The first kappa shape index (κ1) is 29.6. The summed E-state index contributed by atoms with van der Waals surface area (Å²) in [7, 11) is 7.91. The van der Waals surface area contributed by atoms with E-state index in [1.807, 2.05) is 76.5 Å². The monoisotopic (exact) mass is 535 g/mol. The van der Waals surface area contributed by atoms with Gasteiger partial charge in [-0.25, -0.2) is 19.9 Å². The van der Waals surface area contributed by atoms with Crippen LogP contribution in [0.5, 0.6) is 0 Å². The summed E-state index contributed by atoms with van der Waals surface area (Å²) in [5, 5.41) is 16.4. The van der Waals surface area contributed by atoms with Crippen molar-refractivity contribution in [2.45, 2.75) is 24.2 Å². The molecule has 166 valence electrons. The van der Waals surface area contributed by atoms with Crippen molar-refractivity contribution in [3.8, 4) is 0 Å². The second-order valence-electron chi connectivity index (χ2n) is 5.72. The molecule has 0 unspecified atom stereocenters. The van der Waals surface area contributed by atoms with Gasteiger partial charge in [-0.1, -0.05) is 23.5 Å². The van der Waals surface area contributed by atoms with Crippen LogP contribution in [-0.2, 0) is 22.4 Å². The van der Waals surface area contributed by atoms with Gasteiger partial charge in [-0.05, 0) is 26.4 Å². The van der Waals surface area contributed by atoms with Crippen LogP contribution >= 0.6 is 23.5 Å². The Hall–Kier alpha value is -1.60. The molecular weight excluding hydrogens is 510 g/mol. The van der Waals surface area contributed by atoms with Gasteiger partial charge in [0.2, 0.25) is 0 Å². The van der Waals surface area contributed by atoms with Crippen LogP contribution in [0.15, 0.2) is 22.4 Å². The minimum atomic E-state index is -1.75. The van der Waals surface area contributed by atoms with Crippen molar-refractivity contribution in [2.24, 2.45) is 0 Å². The summed E-state index contributed by atoms with van der Waals surface area (Å²) < 4.78 is 0. The van der Waals surface area contributed by atoms with Crippen molar-refractivity contribution in [1.29, 1.82) is 0 Å². The molecule has 0 radical (unpaired) electrons. The molecule has 0 aliphatic carbocycles. The molecule has 13 heteroatoms. The maximum Gasteiger partial charge on any atom is 1.00 e. The van der Waals surface area contributed by atoms with E-state index in [2.05, 4.69) is 19.9 Å². The molecule has 2 aromatic rings. The molecule has 29 heavy (non-hydrogen) atoms. The van der Waals surface area contributed by atoms with Gasteiger partial charge in [0.15, 0.2) is 10.3 Å². The van der Waals surface area contributed by atoms with Crippen LogP contribution in [0.4, 0.5) is 11.6 Å². The molecule has 0 saturated heterocycles. The Kier molecular flexibility index (Phi) is 15.6. The average molecular weight is 536 g/mol. The second-order valence-corrected chi connectivity index (χ2v) is 7.27. The summed E-state index contributed by atoms with van der Waals surface area (Å²) in [6.07, 6.45) is 3.96. The van der Waals surface area contributed by atoms with E-state index in [0.29, 0.717) is 0 Å². The topological polar surface area (TPSA) is 124 Å². The molecule has 0 atom stereocenters. The molecule has 0 aliphatic heterocycles. The molecule has 0 aliphatic rings. The number of rotatable bonds is 4. The summed E-state index contributed by atoms with van der Waals surface area (Å²) in [5.41, 5.74) is 2.02. The zero-order chi connectivity index (χ0) is 21.9. The van der Waals surface area contributed by atoms with E-state index in [9.17, 15) is 0 Å². The predicted octanol–water partition coefficient (Wildman–Crippen LogP) is 2.90. The van der Waals surface area contributed by atoms with Crippen LogP contribution in [0.2, 0.25) is 0 Å². The zero-order valence-corrected chi connectivity index (χ0v) is 20.7. The quantitative estimate of drug-likeness (QED) is 0.188. The van der Waals surface area contributed by atoms with E-state index in [1.54, 1.807) is 23.5 Å². The van der Waals surface area contributed by atoms with Crippen molar-refractivity contribution in [3.63, 3.8) is 0 Å². The van der Waals surface area contributed by atoms with Gasteiger partial charge in [0, 0.05) is 51.7 Å². The molecule has 0 spiro atoms. The number of aromatic nitrogens is 4. The minimum Gasteiger partial charge on any atom is -0.363 e. The summed E-state index contributed by atoms with van der Waals surface area (Å²) in [6.45, 7) is 3.96. The number of hydrogen-bond donors (Lipinski definition) is 0. The van der Waals surface area contributed by atoms with Gasteiger partial charge >= 0.3 is 22.4 Å². The molecule has 2 heterocycles. The van der Waals surface area contributed by atoms with E-state index in [0.717, 1.165) is 33.3 Å². The molecule has 2 rings (SSSR count). The van der Waals surface area contributed by atoms with E-state index in [1.165, 1.54) is 0 Å². The number of nitrogens with zero attached hydrogens (tertiary/aromatic N) is 7. The standard InChI is InChI=1S/2C8H13N3S.Ag.NO3/c2*1-6-5-7(11(2)3)10-8(9-6)12-4;;2-1(3)4/h2*5H,1-4H3;;/q;;+1;-1. The third-order valence-corrected chi connectivity index (χ3v) is 4.02. The fraction of sp³-hybridized carbons (Fsp3) is 0.500. The normalized spacial score (nSPS) is 9.10. The summed E-state index contributed by atoms with van der Waals surface area (Å²) in [5.74, 6) is 1.93. The summed E-state index contributed by atoms with van der Waals surface area (Å²) in [4.78, 5) is 29.4.